The van der Waals surface area contributed by atoms with E-state index in [-0.39, 0.29) is 12.2 Å². The molecule has 0 saturated carbocycles. The van der Waals surface area contributed by atoms with Gasteiger partial charge in [0.25, 0.3) is 0 Å². The van der Waals surface area contributed by atoms with Gasteiger partial charge in [0, 0.05) is 6.42 Å². The summed E-state index contributed by atoms with van der Waals surface area (Å²) in [4.78, 5) is 22.7. The van der Waals surface area contributed by atoms with E-state index >= 15 is 0 Å². The molecule has 0 fully saturated rings. The molecule has 136 valence electrons. The van der Waals surface area contributed by atoms with Gasteiger partial charge in [0.2, 0.25) is 5.82 Å². The maximum Gasteiger partial charge on any atom is 0.439 e. The third-order valence-corrected chi connectivity index (χ3v) is 3.96. The Balaban J connectivity index is 1.79. The average Bonchev–Trinajstić information content (AvgIpc) is 3.07. The minimum absolute atomic E-state index is 0.111. The van der Waals surface area contributed by atoms with E-state index in [1.807, 2.05) is 0 Å². The van der Waals surface area contributed by atoms with Crippen molar-refractivity contribution < 1.29 is 17.7 Å². The Kier molecular flexibility index (Phi) is 3.98. The van der Waals surface area contributed by atoms with Crippen molar-refractivity contribution in [2.45, 2.75) is 12.6 Å². The number of fused-ring (bicyclic) bond motifs is 1. The van der Waals surface area contributed by atoms with E-state index in [4.69, 9.17) is 0 Å². The molecule has 0 unspecified atom stereocenters. The van der Waals surface area contributed by atoms with Gasteiger partial charge in [-0.2, -0.15) is 13.2 Å². The lowest BCUT2D eigenvalue weighted by Gasteiger charge is -2.10. The zero-order valence-electron chi connectivity index (χ0n) is 13.6. The highest BCUT2D eigenvalue weighted by molar-refractivity contribution is 5.77. The predicted octanol–water partition coefficient (Wildman–Crippen LogP) is 3.58. The smallest absolute Gasteiger partial charge is 0.296 e. The Morgan fingerprint density at radius 3 is 2.22 bits per heavy atom. The number of alkyl halides is 3. The maximum absolute atomic E-state index is 12.7. The Morgan fingerprint density at radius 1 is 0.963 bits per heavy atom. The molecule has 0 spiro atoms. The van der Waals surface area contributed by atoms with Crippen LogP contribution in [0.25, 0.3) is 22.6 Å². The number of aromatic amines is 1. The van der Waals surface area contributed by atoms with Crippen molar-refractivity contribution in [3.63, 3.8) is 0 Å². The fourth-order valence-electron chi connectivity index (χ4n) is 2.69. The monoisotopic (exact) mass is 372 g/mol. The molecule has 27 heavy (non-hydrogen) atoms. The number of hydrogen-bond acceptors (Lipinski definition) is 5. The van der Waals surface area contributed by atoms with E-state index in [1.54, 1.807) is 24.3 Å². The lowest BCUT2D eigenvalue weighted by atomic mass is 10.0. The van der Waals surface area contributed by atoms with Gasteiger partial charge in [0.1, 0.15) is 5.69 Å². The summed E-state index contributed by atoms with van der Waals surface area (Å²) < 4.78 is 42.7. The molecule has 2 aromatic carbocycles. The first-order chi connectivity index (χ1) is 12.9. The largest absolute Gasteiger partial charge is 0.439 e. The molecular formula is C18H11F3N4O2. The van der Waals surface area contributed by atoms with Gasteiger partial charge in [0.05, 0.1) is 22.3 Å². The molecule has 0 amide bonds. The Hall–Kier alpha value is -3.49. The summed E-state index contributed by atoms with van der Waals surface area (Å²) in [5, 5.41) is 3.65. The zero-order valence-corrected chi connectivity index (χ0v) is 13.6. The molecule has 6 nitrogen and oxygen atoms in total. The van der Waals surface area contributed by atoms with Gasteiger partial charge in [-0.3, -0.25) is 9.51 Å². The standard InChI is InChI=1S/C18H11F3N4O2/c19-18(20,21)11-7-5-10(6-8-11)9-14-15(16-24-17(26)27-25-16)23-13-4-2-1-3-12(13)22-14/h1-8H,9H2,(H,24,25,26). The first-order valence-electron chi connectivity index (χ1n) is 7.88. The van der Waals surface area contributed by atoms with E-state index in [0.29, 0.717) is 28.0 Å². The summed E-state index contributed by atoms with van der Waals surface area (Å²) in [6.07, 6.45) is -4.19. The molecule has 4 aromatic rings. The van der Waals surface area contributed by atoms with Crippen LogP contribution >= 0.6 is 0 Å². The number of nitrogens with zero attached hydrogens (tertiary/aromatic N) is 3. The first-order valence-corrected chi connectivity index (χ1v) is 7.88. The van der Waals surface area contributed by atoms with Gasteiger partial charge in [-0.25, -0.2) is 14.8 Å². The number of nitrogens with one attached hydrogen (secondary N) is 1. The van der Waals surface area contributed by atoms with E-state index in [9.17, 15) is 18.0 Å². The molecule has 0 aliphatic carbocycles. The third kappa shape index (κ3) is 3.43. The molecular weight excluding hydrogens is 361 g/mol. The predicted molar refractivity (Wildman–Crippen MR) is 89.9 cm³/mol. The highest BCUT2D eigenvalue weighted by Crippen LogP contribution is 2.30. The summed E-state index contributed by atoms with van der Waals surface area (Å²) in [5.41, 5.74) is 1.86. The number of aromatic nitrogens is 4. The van der Waals surface area contributed by atoms with Gasteiger partial charge >= 0.3 is 11.9 Å². The highest BCUT2D eigenvalue weighted by Gasteiger charge is 2.30. The van der Waals surface area contributed by atoms with Crippen LogP contribution in [0.1, 0.15) is 16.8 Å². The van der Waals surface area contributed by atoms with Crippen LogP contribution in [0, 0.1) is 0 Å². The summed E-state index contributed by atoms with van der Waals surface area (Å²) in [6.45, 7) is 0. The van der Waals surface area contributed by atoms with Crippen LogP contribution in [-0.4, -0.2) is 20.1 Å². The Labute approximate surface area is 149 Å². The lowest BCUT2D eigenvalue weighted by molar-refractivity contribution is -0.137. The van der Waals surface area contributed by atoms with Crippen molar-refractivity contribution in [3.05, 3.63) is 75.9 Å². The van der Waals surface area contributed by atoms with Gasteiger partial charge in [0.15, 0.2) is 0 Å². The van der Waals surface area contributed by atoms with Crippen LogP contribution in [-0.2, 0) is 12.6 Å². The van der Waals surface area contributed by atoms with Gasteiger partial charge in [-0.05, 0) is 29.8 Å². The minimum atomic E-state index is -4.40. The Morgan fingerprint density at radius 2 is 1.63 bits per heavy atom. The van der Waals surface area contributed by atoms with Crippen LogP contribution in [0.2, 0.25) is 0 Å². The van der Waals surface area contributed by atoms with E-state index in [1.165, 1.54) is 12.1 Å². The van der Waals surface area contributed by atoms with E-state index < -0.39 is 17.5 Å². The summed E-state index contributed by atoms with van der Waals surface area (Å²) in [6, 6.07) is 11.9. The molecule has 0 aliphatic heterocycles. The SMILES string of the molecule is O=c1[nH]c(-c2nc3ccccc3nc2Cc2ccc(C(F)(F)F)cc2)no1. The molecule has 0 bridgehead atoms. The number of hydrogen-bond donors (Lipinski definition) is 1. The van der Waals surface area contributed by atoms with Crippen molar-refractivity contribution in [3.8, 4) is 11.5 Å². The first kappa shape index (κ1) is 17.0. The number of H-pyrrole nitrogens is 1. The molecule has 0 aliphatic rings. The van der Waals surface area contributed by atoms with Gasteiger partial charge in [-0.15, -0.1) is 0 Å². The van der Waals surface area contributed by atoms with Crippen molar-refractivity contribution in [1.82, 2.24) is 20.1 Å². The molecule has 0 saturated heterocycles. The molecule has 4 rings (SSSR count). The van der Waals surface area contributed by atoms with Crippen LogP contribution in [0.4, 0.5) is 13.2 Å². The van der Waals surface area contributed by atoms with Gasteiger partial charge < -0.3 is 0 Å². The quantitative estimate of drug-likeness (QED) is 0.594. The zero-order chi connectivity index (χ0) is 19.0. The van der Waals surface area contributed by atoms with Crippen molar-refractivity contribution >= 4 is 11.0 Å². The van der Waals surface area contributed by atoms with Crippen LogP contribution in [0.15, 0.2) is 57.8 Å². The summed E-state index contributed by atoms with van der Waals surface area (Å²) >= 11 is 0. The second-order valence-corrected chi connectivity index (χ2v) is 5.82. The summed E-state index contributed by atoms with van der Waals surface area (Å²) in [7, 11) is 0. The molecule has 2 heterocycles. The second-order valence-electron chi connectivity index (χ2n) is 5.82. The fourth-order valence-corrected chi connectivity index (χ4v) is 2.69. The third-order valence-electron chi connectivity index (χ3n) is 3.96. The highest BCUT2D eigenvalue weighted by atomic mass is 19.4. The van der Waals surface area contributed by atoms with E-state index in [0.717, 1.165) is 12.1 Å². The van der Waals surface area contributed by atoms with Crippen molar-refractivity contribution in [1.29, 1.82) is 0 Å². The average molecular weight is 372 g/mol. The summed E-state index contributed by atoms with van der Waals surface area (Å²) in [5.74, 6) is -0.624. The molecule has 2 aromatic heterocycles. The maximum atomic E-state index is 12.7. The van der Waals surface area contributed by atoms with Crippen LogP contribution < -0.4 is 5.76 Å². The van der Waals surface area contributed by atoms with E-state index in [2.05, 4.69) is 24.6 Å². The number of rotatable bonds is 3. The van der Waals surface area contributed by atoms with Crippen LogP contribution in [0.5, 0.6) is 0 Å². The Bertz CT molecular complexity index is 1160. The number of benzene rings is 2. The molecule has 9 heteroatoms. The lowest BCUT2D eigenvalue weighted by Crippen LogP contribution is -2.05. The fraction of sp³-hybridized carbons (Fsp3) is 0.111. The molecule has 1 N–H and O–H groups in total. The second kappa shape index (κ2) is 6.35. The van der Waals surface area contributed by atoms with Gasteiger partial charge in [-0.1, -0.05) is 29.4 Å². The van der Waals surface area contributed by atoms with Crippen molar-refractivity contribution in [2.75, 3.05) is 0 Å². The normalized spacial score (nSPS) is 11.8. The number of para-hydroxylation sites is 2. The van der Waals surface area contributed by atoms with Crippen molar-refractivity contribution in [2.24, 2.45) is 0 Å². The molecule has 0 radical (unpaired) electrons. The molecule has 0 atom stereocenters. The number of halogens is 3. The minimum Gasteiger partial charge on any atom is -0.296 e. The topological polar surface area (TPSA) is 84.7 Å². The van der Waals surface area contributed by atoms with Crippen LogP contribution in [0.3, 0.4) is 0 Å².